The Morgan fingerprint density at radius 1 is 1.27 bits per heavy atom. The summed E-state index contributed by atoms with van der Waals surface area (Å²) in [7, 11) is 1.51. The van der Waals surface area contributed by atoms with Crippen LogP contribution in [0.2, 0.25) is 5.02 Å². The molecule has 1 aliphatic rings. The maximum absolute atomic E-state index is 12.6. The number of benzene rings is 2. The molecular formula is C20H22ClNO4. The van der Waals surface area contributed by atoms with Gasteiger partial charge in [0.15, 0.2) is 0 Å². The molecule has 1 heterocycles. The number of phenols is 1. The normalized spacial score (nSPS) is 16.1. The van der Waals surface area contributed by atoms with Crippen molar-refractivity contribution in [3.05, 3.63) is 58.6 Å². The summed E-state index contributed by atoms with van der Waals surface area (Å²) in [5, 5.41) is 13.7. The molecule has 0 radical (unpaired) electrons. The Balaban J connectivity index is 1.79. The summed E-state index contributed by atoms with van der Waals surface area (Å²) < 4.78 is 10.6. The van der Waals surface area contributed by atoms with Crippen molar-refractivity contribution >= 4 is 17.5 Å². The third-order valence-electron chi connectivity index (χ3n) is 4.92. The van der Waals surface area contributed by atoms with E-state index in [0.717, 1.165) is 18.4 Å². The van der Waals surface area contributed by atoms with Crippen molar-refractivity contribution in [2.75, 3.05) is 26.9 Å². The third-order valence-corrected chi connectivity index (χ3v) is 5.16. The van der Waals surface area contributed by atoms with Crippen molar-refractivity contribution in [1.82, 2.24) is 5.32 Å². The topological polar surface area (TPSA) is 67.8 Å². The molecule has 0 aromatic heterocycles. The van der Waals surface area contributed by atoms with Gasteiger partial charge in [0.25, 0.3) is 5.91 Å². The molecule has 2 aromatic rings. The second kappa shape index (κ2) is 7.98. The van der Waals surface area contributed by atoms with E-state index in [1.807, 2.05) is 24.3 Å². The average molecular weight is 376 g/mol. The summed E-state index contributed by atoms with van der Waals surface area (Å²) in [5.41, 5.74) is 1.08. The maximum atomic E-state index is 12.6. The fourth-order valence-corrected chi connectivity index (χ4v) is 3.51. The Morgan fingerprint density at radius 3 is 2.69 bits per heavy atom. The summed E-state index contributed by atoms with van der Waals surface area (Å²) in [6.45, 7) is 1.72. The molecule has 3 rings (SSSR count). The molecule has 2 N–H and O–H groups in total. The van der Waals surface area contributed by atoms with Crippen molar-refractivity contribution in [2.24, 2.45) is 0 Å². The van der Waals surface area contributed by atoms with Gasteiger partial charge in [0.1, 0.15) is 11.5 Å². The van der Waals surface area contributed by atoms with Crippen LogP contribution < -0.4 is 10.1 Å². The number of hydrogen-bond donors (Lipinski definition) is 2. The quantitative estimate of drug-likeness (QED) is 0.838. The number of carbonyl (C=O) groups is 1. The van der Waals surface area contributed by atoms with E-state index < -0.39 is 0 Å². The lowest BCUT2D eigenvalue weighted by Crippen LogP contribution is -2.44. The number of halogens is 1. The molecule has 1 aliphatic heterocycles. The zero-order valence-electron chi connectivity index (χ0n) is 14.6. The number of amides is 1. The van der Waals surface area contributed by atoms with E-state index in [0.29, 0.717) is 30.5 Å². The second-order valence-corrected chi connectivity index (χ2v) is 6.91. The summed E-state index contributed by atoms with van der Waals surface area (Å²) in [5.74, 6) is 0.0718. The maximum Gasteiger partial charge on any atom is 0.255 e. The summed E-state index contributed by atoms with van der Waals surface area (Å²) >= 11 is 6.17. The van der Waals surface area contributed by atoms with Crippen LogP contribution in [0.25, 0.3) is 0 Å². The minimum Gasteiger partial charge on any atom is -0.507 e. The van der Waals surface area contributed by atoms with Gasteiger partial charge < -0.3 is 19.9 Å². The van der Waals surface area contributed by atoms with Crippen molar-refractivity contribution in [1.29, 1.82) is 0 Å². The molecule has 0 saturated carbocycles. The zero-order valence-corrected chi connectivity index (χ0v) is 15.4. The molecule has 0 aliphatic carbocycles. The van der Waals surface area contributed by atoms with Gasteiger partial charge in [0.05, 0.1) is 12.7 Å². The molecule has 0 atom stereocenters. The Bertz CT molecular complexity index is 787. The van der Waals surface area contributed by atoms with Crippen LogP contribution in [0, 0.1) is 0 Å². The van der Waals surface area contributed by atoms with Gasteiger partial charge in [-0.05, 0) is 42.7 Å². The lowest BCUT2D eigenvalue weighted by molar-refractivity contribution is 0.0487. The first-order valence-corrected chi connectivity index (χ1v) is 8.91. The first kappa shape index (κ1) is 18.5. The van der Waals surface area contributed by atoms with Crippen LogP contribution >= 0.6 is 11.6 Å². The number of carbonyl (C=O) groups excluding carboxylic acids is 1. The fourth-order valence-electron chi connectivity index (χ4n) is 3.32. The summed E-state index contributed by atoms with van der Waals surface area (Å²) in [4.78, 5) is 12.6. The van der Waals surface area contributed by atoms with Crippen LogP contribution in [0.3, 0.4) is 0 Å². The molecule has 2 aromatic carbocycles. The predicted octanol–water partition coefficient (Wildman–Crippen LogP) is 3.53. The molecule has 26 heavy (non-hydrogen) atoms. The predicted molar refractivity (Wildman–Crippen MR) is 100 cm³/mol. The van der Waals surface area contributed by atoms with Gasteiger partial charge in [-0.2, -0.15) is 0 Å². The standard InChI is InChI=1S/C20H22ClNO4/c1-25-16-5-6-17(18(23)12-16)19(24)22-13-20(7-9-26-10-8-20)14-3-2-4-15(21)11-14/h2-6,11-12,23H,7-10,13H2,1H3,(H,22,24). The second-order valence-electron chi connectivity index (χ2n) is 6.47. The first-order chi connectivity index (χ1) is 12.5. The molecule has 1 saturated heterocycles. The monoisotopic (exact) mass is 375 g/mol. The van der Waals surface area contributed by atoms with E-state index in [9.17, 15) is 9.90 Å². The van der Waals surface area contributed by atoms with Crippen LogP contribution in [0.15, 0.2) is 42.5 Å². The van der Waals surface area contributed by atoms with Crippen molar-refractivity contribution in [2.45, 2.75) is 18.3 Å². The van der Waals surface area contributed by atoms with Gasteiger partial charge in [0.2, 0.25) is 0 Å². The van der Waals surface area contributed by atoms with E-state index in [4.69, 9.17) is 21.1 Å². The number of ether oxygens (including phenoxy) is 2. The summed E-state index contributed by atoms with van der Waals surface area (Å²) in [6, 6.07) is 12.4. The number of phenolic OH excluding ortho intramolecular Hbond substituents is 1. The molecule has 0 bridgehead atoms. The molecule has 6 heteroatoms. The molecular weight excluding hydrogens is 354 g/mol. The van der Waals surface area contributed by atoms with E-state index in [1.165, 1.54) is 13.2 Å². The number of aromatic hydroxyl groups is 1. The molecule has 5 nitrogen and oxygen atoms in total. The van der Waals surface area contributed by atoms with Gasteiger partial charge in [-0.3, -0.25) is 4.79 Å². The van der Waals surface area contributed by atoms with Crippen LogP contribution in [-0.4, -0.2) is 37.9 Å². The van der Waals surface area contributed by atoms with Gasteiger partial charge in [0, 0.05) is 36.3 Å². The van der Waals surface area contributed by atoms with Crippen LogP contribution in [0.4, 0.5) is 0 Å². The van der Waals surface area contributed by atoms with E-state index in [-0.39, 0.29) is 22.6 Å². The Labute approximate surface area is 157 Å². The minimum absolute atomic E-state index is 0.106. The van der Waals surface area contributed by atoms with Gasteiger partial charge in [-0.15, -0.1) is 0 Å². The van der Waals surface area contributed by atoms with Crippen molar-refractivity contribution in [3.63, 3.8) is 0 Å². The first-order valence-electron chi connectivity index (χ1n) is 8.53. The van der Waals surface area contributed by atoms with E-state index in [1.54, 1.807) is 12.1 Å². The van der Waals surface area contributed by atoms with Crippen molar-refractivity contribution < 1.29 is 19.4 Å². The minimum atomic E-state index is -0.321. The van der Waals surface area contributed by atoms with Crippen LogP contribution in [0.5, 0.6) is 11.5 Å². The highest BCUT2D eigenvalue weighted by molar-refractivity contribution is 6.30. The lowest BCUT2D eigenvalue weighted by Gasteiger charge is -2.38. The van der Waals surface area contributed by atoms with Crippen LogP contribution in [0.1, 0.15) is 28.8 Å². The largest absolute Gasteiger partial charge is 0.507 e. The third kappa shape index (κ3) is 3.94. The van der Waals surface area contributed by atoms with Gasteiger partial charge in [-0.1, -0.05) is 23.7 Å². The zero-order chi connectivity index (χ0) is 18.6. The Morgan fingerprint density at radius 2 is 2.04 bits per heavy atom. The number of methoxy groups -OCH3 is 1. The molecule has 0 spiro atoms. The van der Waals surface area contributed by atoms with Gasteiger partial charge in [-0.25, -0.2) is 0 Å². The Kier molecular flexibility index (Phi) is 5.69. The number of hydrogen-bond acceptors (Lipinski definition) is 4. The van der Waals surface area contributed by atoms with E-state index >= 15 is 0 Å². The molecule has 1 fully saturated rings. The van der Waals surface area contributed by atoms with Crippen molar-refractivity contribution in [3.8, 4) is 11.5 Å². The highest BCUT2D eigenvalue weighted by atomic mass is 35.5. The molecule has 1 amide bonds. The average Bonchev–Trinajstić information content (AvgIpc) is 2.66. The highest BCUT2D eigenvalue weighted by Crippen LogP contribution is 2.35. The number of nitrogens with one attached hydrogen (secondary N) is 1. The smallest absolute Gasteiger partial charge is 0.255 e. The van der Waals surface area contributed by atoms with Crippen LogP contribution in [-0.2, 0) is 10.2 Å². The van der Waals surface area contributed by atoms with Gasteiger partial charge >= 0.3 is 0 Å². The lowest BCUT2D eigenvalue weighted by atomic mass is 9.74. The van der Waals surface area contributed by atoms with E-state index in [2.05, 4.69) is 5.32 Å². The number of rotatable bonds is 5. The SMILES string of the molecule is COc1ccc(C(=O)NCC2(c3cccc(Cl)c3)CCOCC2)c(O)c1. The molecule has 138 valence electrons. The molecule has 0 unspecified atom stereocenters. The highest BCUT2D eigenvalue weighted by Gasteiger charge is 2.35. The fraction of sp³-hybridized carbons (Fsp3) is 0.350. The Hall–Kier alpha value is -2.24. The summed E-state index contributed by atoms with van der Waals surface area (Å²) in [6.07, 6.45) is 1.59.